The van der Waals surface area contributed by atoms with Crippen molar-refractivity contribution >= 4 is 29.9 Å². The molecule has 132 valence electrons. The number of guanidine groups is 1. The van der Waals surface area contributed by atoms with Crippen LogP contribution in [0.5, 0.6) is 0 Å². The molecule has 0 spiro atoms. The van der Waals surface area contributed by atoms with Crippen LogP contribution in [0, 0.1) is 5.82 Å². The summed E-state index contributed by atoms with van der Waals surface area (Å²) in [7, 11) is 3.28. The third-order valence-electron chi connectivity index (χ3n) is 3.06. The Bertz CT molecular complexity index is 473. The standard InChI is InChI=1S/C16H26FN3O2.HI/c1-4-22-9-5-8-19-16(18-2)20-11-13-6-7-15(17)14(10-13)12-21-3;/h6-7,10H,4-5,8-9,11-12H2,1-3H3,(H2,18,19,20);1H. The maximum atomic E-state index is 13.5. The van der Waals surface area contributed by atoms with E-state index in [4.69, 9.17) is 9.47 Å². The lowest BCUT2D eigenvalue weighted by atomic mass is 10.1. The predicted octanol–water partition coefficient (Wildman–Crippen LogP) is 2.68. The Labute approximate surface area is 155 Å². The second-order valence-electron chi connectivity index (χ2n) is 4.76. The summed E-state index contributed by atoms with van der Waals surface area (Å²) < 4.78 is 23.8. The molecule has 0 aliphatic heterocycles. The number of methoxy groups -OCH3 is 1. The minimum absolute atomic E-state index is 0. The molecule has 2 N–H and O–H groups in total. The van der Waals surface area contributed by atoms with Crippen LogP contribution >= 0.6 is 24.0 Å². The average molecular weight is 439 g/mol. The van der Waals surface area contributed by atoms with E-state index >= 15 is 0 Å². The molecule has 0 aliphatic carbocycles. The van der Waals surface area contributed by atoms with Gasteiger partial charge in [0.25, 0.3) is 0 Å². The fourth-order valence-corrected chi connectivity index (χ4v) is 1.94. The highest BCUT2D eigenvalue weighted by Gasteiger charge is 2.04. The van der Waals surface area contributed by atoms with Crippen molar-refractivity contribution in [1.82, 2.24) is 10.6 Å². The van der Waals surface area contributed by atoms with Crippen LogP contribution in [-0.2, 0) is 22.6 Å². The number of benzene rings is 1. The summed E-state index contributed by atoms with van der Waals surface area (Å²) in [5, 5.41) is 6.41. The molecule has 0 fully saturated rings. The fraction of sp³-hybridized carbons (Fsp3) is 0.562. The monoisotopic (exact) mass is 439 g/mol. The Kier molecular flexibility index (Phi) is 13.0. The largest absolute Gasteiger partial charge is 0.382 e. The van der Waals surface area contributed by atoms with Gasteiger partial charge in [-0.3, -0.25) is 4.99 Å². The minimum Gasteiger partial charge on any atom is -0.382 e. The first kappa shape index (κ1) is 22.1. The molecule has 0 amide bonds. The van der Waals surface area contributed by atoms with Crippen LogP contribution in [0.4, 0.5) is 4.39 Å². The summed E-state index contributed by atoms with van der Waals surface area (Å²) in [6.45, 7) is 5.08. The second-order valence-corrected chi connectivity index (χ2v) is 4.76. The Balaban J connectivity index is 0.00000484. The number of halogens is 2. The molecule has 0 aliphatic rings. The van der Waals surface area contributed by atoms with Crippen molar-refractivity contribution in [1.29, 1.82) is 0 Å². The molecule has 5 nitrogen and oxygen atoms in total. The molecule has 0 unspecified atom stereocenters. The van der Waals surface area contributed by atoms with E-state index in [-0.39, 0.29) is 36.4 Å². The van der Waals surface area contributed by atoms with Gasteiger partial charge in [-0.15, -0.1) is 24.0 Å². The van der Waals surface area contributed by atoms with Crippen LogP contribution in [0.2, 0.25) is 0 Å². The summed E-state index contributed by atoms with van der Waals surface area (Å²) in [6.07, 6.45) is 0.920. The number of nitrogens with zero attached hydrogens (tertiary/aromatic N) is 1. The molecule has 0 bridgehead atoms. The SMILES string of the molecule is CCOCCCNC(=NC)NCc1ccc(F)c(COC)c1.I. The summed E-state index contributed by atoms with van der Waals surface area (Å²) >= 11 is 0. The zero-order chi connectivity index (χ0) is 16.2. The fourth-order valence-electron chi connectivity index (χ4n) is 1.94. The van der Waals surface area contributed by atoms with Crippen LogP contribution in [0.1, 0.15) is 24.5 Å². The molecule has 1 aromatic carbocycles. The van der Waals surface area contributed by atoms with Crippen molar-refractivity contribution in [2.75, 3.05) is 33.9 Å². The average Bonchev–Trinajstić information content (AvgIpc) is 2.53. The summed E-state index contributed by atoms with van der Waals surface area (Å²) in [4.78, 5) is 4.15. The number of hydrogen-bond donors (Lipinski definition) is 2. The summed E-state index contributed by atoms with van der Waals surface area (Å²) in [6, 6.07) is 5.02. The van der Waals surface area contributed by atoms with Gasteiger partial charge in [0, 0.05) is 46.0 Å². The summed E-state index contributed by atoms with van der Waals surface area (Å²) in [5.74, 6) is 0.471. The van der Waals surface area contributed by atoms with Crippen molar-refractivity contribution in [2.24, 2.45) is 4.99 Å². The highest BCUT2D eigenvalue weighted by atomic mass is 127. The van der Waals surface area contributed by atoms with Gasteiger partial charge in [-0.25, -0.2) is 4.39 Å². The first-order chi connectivity index (χ1) is 10.7. The van der Waals surface area contributed by atoms with Gasteiger partial charge < -0.3 is 20.1 Å². The van der Waals surface area contributed by atoms with Crippen LogP contribution < -0.4 is 10.6 Å². The maximum Gasteiger partial charge on any atom is 0.191 e. The number of aliphatic imine (C=N–C) groups is 1. The predicted molar refractivity (Wildman–Crippen MR) is 102 cm³/mol. The van der Waals surface area contributed by atoms with E-state index in [0.717, 1.165) is 31.7 Å². The normalized spacial score (nSPS) is 11.0. The highest BCUT2D eigenvalue weighted by molar-refractivity contribution is 14.0. The maximum absolute atomic E-state index is 13.5. The van der Waals surface area contributed by atoms with E-state index in [9.17, 15) is 4.39 Å². The minimum atomic E-state index is -0.246. The zero-order valence-corrected chi connectivity index (χ0v) is 16.4. The van der Waals surface area contributed by atoms with Crippen molar-refractivity contribution in [3.05, 3.63) is 35.1 Å². The van der Waals surface area contributed by atoms with Gasteiger partial charge in [0.2, 0.25) is 0 Å². The van der Waals surface area contributed by atoms with Gasteiger partial charge in [-0.1, -0.05) is 6.07 Å². The molecule has 7 heteroatoms. The van der Waals surface area contributed by atoms with Gasteiger partial charge in [0.05, 0.1) is 6.61 Å². The third kappa shape index (κ3) is 9.07. The number of hydrogen-bond acceptors (Lipinski definition) is 3. The van der Waals surface area contributed by atoms with E-state index in [1.807, 2.05) is 6.92 Å². The quantitative estimate of drug-likeness (QED) is 0.269. The van der Waals surface area contributed by atoms with Crippen molar-refractivity contribution in [3.8, 4) is 0 Å². The Morgan fingerprint density at radius 2 is 2.09 bits per heavy atom. The molecule has 1 rings (SSSR count). The van der Waals surface area contributed by atoms with E-state index in [0.29, 0.717) is 18.1 Å². The van der Waals surface area contributed by atoms with Gasteiger partial charge in [-0.05, 0) is 31.0 Å². The van der Waals surface area contributed by atoms with Crippen LogP contribution in [0.15, 0.2) is 23.2 Å². The molecule has 0 saturated carbocycles. The van der Waals surface area contributed by atoms with Gasteiger partial charge in [0.1, 0.15) is 5.82 Å². The van der Waals surface area contributed by atoms with E-state index in [1.54, 1.807) is 26.3 Å². The molecular formula is C16H27FIN3O2. The Morgan fingerprint density at radius 3 is 2.74 bits per heavy atom. The molecule has 0 saturated heterocycles. The van der Waals surface area contributed by atoms with Gasteiger partial charge in [0.15, 0.2) is 5.96 Å². The Hall–Kier alpha value is -0.930. The van der Waals surface area contributed by atoms with Crippen LogP contribution in [0.25, 0.3) is 0 Å². The van der Waals surface area contributed by atoms with Gasteiger partial charge >= 0.3 is 0 Å². The number of ether oxygens (including phenoxy) is 2. The molecule has 0 heterocycles. The van der Waals surface area contributed by atoms with Gasteiger partial charge in [-0.2, -0.15) is 0 Å². The molecule has 23 heavy (non-hydrogen) atoms. The zero-order valence-electron chi connectivity index (χ0n) is 14.0. The number of nitrogens with one attached hydrogen (secondary N) is 2. The second kappa shape index (κ2) is 13.5. The lowest BCUT2D eigenvalue weighted by Crippen LogP contribution is -2.37. The van der Waals surface area contributed by atoms with Crippen LogP contribution in [0.3, 0.4) is 0 Å². The first-order valence-corrected chi connectivity index (χ1v) is 7.49. The van der Waals surface area contributed by atoms with Crippen molar-refractivity contribution in [3.63, 3.8) is 0 Å². The molecule has 1 aromatic rings. The third-order valence-corrected chi connectivity index (χ3v) is 3.06. The molecule has 0 aromatic heterocycles. The Morgan fingerprint density at radius 1 is 1.30 bits per heavy atom. The first-order valence-electron chi connectivity index (χ1n) is 7.49. The van der Waals surface area contributed by atoms with Crippen molar-refractivity contribution in [2.45, 2.75) is 26.5 Å². The smallest absolute Gasteiger partial charge is 0.191 e. The van der Waals surface area contributed by atoms with E-state index < -0.39 is 0 Å². The lowest BCUT2D eigenvalue weighted by molar-refractivity contribution is 0.145. The summed E-state index contributed by atoms with van der Waals surface area (Å²) in [5.41, 5.74) is 1.53. The highest BCUT2D eigenvalue weighted by Crippen LogP contribution is 2.11. The topological polar surface area (TPSA) is 54.9 Å². The molecular weight excluding hydrogens is 412 g/mol. The lowest BCUT2D eigenvalue weighted by Gasteiger charge is -2.12. The molecule has 0 atom stereocenters. The van der Waals surface area contributed by atoms with E-state index in [1.165, 1.54) is 6.07 Å². The molecule has 0 radical (unpaired) electrons. The van der Waals surface area contributed by atoms with Crippen molar-refractivity contribution < 1.29 is 13.9 Å². The van der Waals surface area contributed by atoms with Crippen LogP contribution in [-0.4, -0.2) is 39.9 Å². The van der Waals surface area contributed by atoms with E-state index in [2.05, 4.69) is 15.6 Å². The number of rotatable bonds is 9.